The number of hydrogen-bond acceptors (Lipinski definition) is 2. The van der Waals surface area contributed by atoms with Crippen molar-refractivity contribution in [3.63, 3.8) is 0 Å². The van der Waals surface area contributed by atoms with Crippen LogP contribution in [0.3, 0.4) is 0 Å². The first-order valence-corrected chi connectivity index (χ1v) is 6.59. The molecule has 0 radical (unpaired) electrons. The zero-order valence-electron chi connectivity index (χ0n) is 10.1. The number of H-pyrrole nitrogens is 1. The molecule has 2 N–H and O–H groups in total. The highest BCUT2D eigenvalue weighted by atomic mass is 79.9. The molecule has 1 rings (SSSR count). The molecule has 94 valence electrons. The quantitative estimate of drug-likeness (QED) is 0.876. The average Bonchev–Trinajstić information content (AvgIpc) is 2.30. The van der Waals surface area contributed by atoms with Crippen LogP contribution in [0, 0.1) is 0 Å². The number of hydrogen-bond donors (Lipinski definition) is 2. The van der Waals surface area contributed by atoms with Crippen molar-refractivity contribution < 1.29 is 4.79 Å². The predicted octanol–water partition coefficient (Wildman–Crippen LogP) is 2.23. The van der Waals surface area contributed by atoms with Crippen molar-refractivity contribution in [1.29, 1.82) is 0 Å². The van der Waals surface area contributed by atoms with Gasteiger partial charge in [0.2, 0.25) is 0 Å². The van der Waals surface area contributed by atoms with Crippen molar-refractivity contribution in [2.45, 2.75) is 33.1 Å². The number of amides is 1. The molecule has 0 bridgehead atoms. The van der Waals surface area contributed by atoms with E-state index in [4.69, 9.17) is 0 Å². The van der Waals surface area contributed by atoms with E-state index in [0.29, 0.717) is 6.54 Å². The number of aromatic nitrogens is 1. The number of pyridine rings is 1. The molecular formula is C12H17BrN2O2. The molecule has 0 aromatic carbocycles. The second-order valence-corrected chi connectivity index (χ2v) is 4.70. The summed E-state index contributed by atoms with van der Waals surface area (Å²) in [5, 5.41) is 2.69. The molecular weight excluding hydrogens is 284 g/mol. The molecule has 0 atom stereocenters. The molecule has 1 amide bonds. The van der Waals surface area contributed by atoms with Crippen LogP contribution in [0.4, 0.5) is 0 Å². The fourth-order valence-corrected chi connectivity index (χ4v) is 2.00. The van der Waals surface area contributed by atoms with Gasteiger partial charge < -0.3 is 10.3 Å². The molecule has 5 heteroatoms. The highest BCUT2D eigenvalue weighted by molar-refractivity contribution is 9.10. The zero-order chi connectivity index (χ0) is 12.8. The Labute approximate surface area is 109 Å². The zero-order valence-corrected chi connectivity index (χ0v) is 11.7. The first kappa shape index (κ1) is 14.0. The van der Waals surface area contributed by atoms with E-state index >= 15 is 0 Å². The van der Waals surface area contributed by atoms with Crippen molar-refractivity contribution >= 4 is 21.8 Å². The van der Waals surface area contributed by atoms with Gasteiger partial charge in [0.15, 0.2) is 0 Å². The Balaban J connectivity index is 2.99. The summed E-state index contributed by atoms with van der Waals surface area (Å²) in [7, 11) is 0. The van der Waals surface area contributed by atoms with Gasteiger partial charge in [-0.3, -0.25) is 9.59 Å². The van der Waals surface area contributed by atoms with E-state index in [1.807, 2.05) is 13.8 Å². The molecule has 0 aliphatic heterocycles. The molecule has 0 aliphatic carbocycles. The van der Waals surface area contributed by atoms with Gasteiger partial charge in [0.25, 0.3) is 11.5 Å². The SMILES string of the molecule is CCCNC(=O)c1cc(Br)c(CCC)[nH]c1=O. The molecule has 0 saturated heterocycles. The molecule has 17 heavy (non-hydrogen) atoms. The van der Waals surface area contributed by atoms with Gasteiger partial charge in [-0.05, 0) is 34.8 Å². The van der Waals surface area contributed by atoms with Gasteiger partial charge in [0, 0.05) is 16.7 Å². The third kappa shape index (κ3) is 3.70. The molecule has 0 aliphatic rings. The van der Waals surface area contributed by atoms with E-state index < -0.39 is 0 Å². The van der Waals surface area contributed by atoms with Crippen LogP contribution in [0.2, 0.25) is 0 Å². The van der Waals surface area contributed by atoms with Crippen LogP contribution < -0.4 is 10.9 Å². The van der Waals surface area contributed by atoms with Crippen molar-refractivity contribution in [1.82, 2.24) is 10.3 Å². The molecule has 0 unspecified atom stereocenters. The summed E-state index contributed by atoms with van der Waals surface area (Å²) in [4.78, 5) is 26.2. The fraction of sp³-hybridized carbons (Fsp3) is 0.500. The van der Waals surface area contributed by atoms with Crippen LogP contribution in [0.5, 0.6) is 0 Å². The summed E-state index contributed by atoms with van der Waals surface area (Å²) in [6.45, 7) is 4.57. The summed E-state index contributed by atoms with van der Waals surface area (Å²) in [6, 6.07) is 1.59. The number of aromatic amines is 1. The molecule has 1 aromatic rings. The van der Waals surface area contributed by atoms with E-state index in [0.717, 1.165) is 29.4 Å². The third-order valence-electron chi connectivity index (χ3n) is 2.35. The Morgan fingerprint density at radius 3 is 2.71 bits per heavy atom. The maximum Gasteiger partial charge on any atom is 0.261 e. The lowest BCUT2D eigenvalue weighted by molar-refractivity contribution is 0.0952. The normalized spacial score (nSPS) is 10.3. The molecule has 1 aromatic heterocycles. The van der Waals surface area contributed by atoms with Gasteiger partial charge in [-0.1, -0.05) is 20.3 Å². The van der Waals surface area contributed by atoms with E-state index in [2.05, 4.69) is 26.2 Å². The van der Waals surface area contributed by atoms with Crippen LogP contribution in [0.1, 0.15) is 42.7 Å². The van der Waals surface area contributed by atoms with Crippen molar-refractivity contribution in [2.24, 2.45) is 0 Å². The topological polar surface area (TPSA) is 62.0 Å². The highest BCUT2D eigenvalue weighted by Gasteiger charge is 2.12. The number of aryl methyl sites for hydroxylation is 1. The van der Waals surface area contributed by atoms with Crippen molar-refractivity contribution in [2.75, 3.05) is 6.54 Å². The van der Waals surface area contributed by atoms with E-state index in [1.54, 1.807) is 6.07 Å². The van der Waals surface area contributed by atoms with Crippen LogP contribution >= 0.6 is 15.9 Å². The lowest BCUT2D eigenvalue weighted by atomic mass is 10.2. The minimum Gasteiger partial charge on any atom is -0.352 e. The Kier molecular flexibility index (Phi) is 5.41. The minimum atomic E-state index is -0.328. The molecule has 0 saturated carbocycles. The monoisotopic (exact) mass is 300 g/mol. The Bertz CT molecular complexity index is 454. The fourth-order valence-electron chi connectivity index (χ4n) is 1.48. The number of rotatable bonds is 5. The summed E-state index contributed by atoms with van der Waals surface area (Å²) in [6.07, 6.45) is 2.57. The summed E-state index contributed by atoms with van der Waals surface area (Å²) in [5.74, 6) is -0.322. The van der Waals surface area contributed by atoms with Crippen molar-refractivity contribution in [3.8, 4) is 0 Å². The number of carbonyl (C=O) groups is 1. The Morgan fingerprint density at radius 2 is 2.12 bits per heavy atom. The van der Waals surface area contributed by atoms with Crippen molar-refractivity contribution in [3.05, 3.63) is 32.2 Å². The number of halogens is 1. The van der Waals surface area contributed by atoms with Gasteiger partial charge in [-0.25, -0.2) is 0 Å². The average molecular weight is 301 g/mol. The van der Waals surface area contributed by atoms with Crippen LogP contribution in [0.15, 0.2) is 15.3 Å². The molecule has 0 spiro atoms. The smallest absolute Gasteiger partial charge is 0.261 e. The third-order valence-corrected chi connectivity index (χ3v) is 3.06. The minimum absolute atomic E-state index is 0.158. The summed E-state index contributed by atoms with van der Waals surface area (Å²) < 4.78 is 0.778. The second kappa shape index (κ2) is 6.59. The maximum absolute atomic E-state index is 11.7. The molecule has 0 fully saturated rings. The maximum atomic E-state index is 11.7. The lowest BCUT2D eigenvalue weighted by Gasteiger charge is -2.06. The predicted molar refractivity (Wildman–Crippen MR) is 71.4 cm³/mol. The summed E-state index contributed by atoms with van der Waals surface area (Å²) >= 11 is 3.37. The number of carbonyl (C=O) groups excluding carboxylic acids is 1. The lowest BCUT2D eigenvalue weighted by Crippen LogP contribution is -2.30. The van der Waals surface area contributed by atoms with E-state index in [1.165, 1.54) is 0 Å². The second-order valence-electron chi connectivity index (χ2n) is 3.84. The highest BCUT2D eigenvalue weighted by Crippen LogP contribution is 2.15. The van der Waals surface area contributed by atoms with Crippen LogP contribution in [-0.4, -0.2) is 17.4 Å². The van der Waals surface area contributed by atoms with Gasteiger partial charge >= 0.3 is 0 Å². The summed E-state index contributed by atoms with van der Waals surface area (Å²) in [5.41, 5.74) is 0.667. The number of nitrogens with one attached hydrogen (secondary N) is 2. The first-order valence-electron chi connectivity index (χ1n) is 5.80. The van der Waals surface area contributed by atoms with E-state index in [9.17, 15) is 9.59 Å². The van der Waals surface area contributed by atoms with Gasteiger partial charge in [0.05, 0.1) is 0 Å². The van der Waals surface area contributed by atoms with Gasteiger partial charge in [-0.15, -0.1) is 0 Å². The van der Waals surface area contributed by atoms with Gasteiger partial charge in [0.1, 0.15) is 5.56 Å². The molecule has 4 nitrogen and oxygen atoms in total. The van der Waals surface area contributed by atoms with E-state index in [-0.39, 0.29) is 17.0 Å². The van der Waals surface area contributed by atoms with Crippen LogP contribution in [0.25, 0.3) is 0 Å². The molecule has 1 heterocycles. The van der Waals surface area contributed by atoms with Gasteiger partial charge in [-0.2, -0.15) is 0 Å². The largest absolute Gasteiger partial charge is 0.352 e. The Morgan fingerprint density at radius 1 is 1.41 bits per heavy atom. The van der Waals surface area contributed by atoms with Crippen LogP contribution in [-0.2, 0) is 6.42 Å². The Hall–Kier alpha value is -1.10. The standard InChI is InChI=1S/C12H17BrN2O2/c1-3-5-10-9(13)7-8(12(17)15-10)11(16)14-6-4-2/h7H,3-6H2,1-2H3,(H,14,16)(H,15,17). The first-order chi connectivity index (χ1) is 8.10.